The minimum atomic E-state index is 0.186. The second kappa shape index (κ2) is 36.3. The van der Waals surface area contributed by atoms with E-state index in [2.05, 4.69) is 296 Å². The van der Waals surface area contributed by atoms with Crippen molar-refractivity contribution in [3.05, 3.63) is 441 Å². The lowest BCUT2D eigenvalue weighted by Crippen LogP contribution is -2.74. The van der Waals surface area contributed by atoms with Gasteiger partial charge in [-0.1, -0.05) is 388 Å². The molecule has 24 rings (SSSR count). The number of hydrogen-bond acceptors (Lipinski definition) is 9. The average Bonchev–Trinajstić information content (AvgIpc) is 0.734. The zero-order chi connectivity index (χ0) is 82.7. The number of pyridine rings is 1. The molecule has 7 aliphatic heterocycles. The van der Waals surface area contributed by atoms with Crippen molar-refractivity contribution in [3.8, 4) is 58.1 Å². The summed E-state index contributed by atoms with van der Waals surface area (Å²) in [6.45, 7) is 12.7. The molecule has 0 bridgehead atoms. The van der Waals surface area contributed by atoms with E-state index in [9.17, 15) is 0 Å². The quantitative estimate of drug-likeness (QED) is 0.126. The van der Waals surface area contributed by atoms with E-state index in [-0.39, 0.29) is 13.4 Å². The lowest BCUT2D eigenvalue weighted by molar-refractivity contribution is 0.464. The van der Waals surface area contributed by atoms with Crippen molar-refractivity contribution in [1.82, 2.24) is 4.98 Å². The van der Waals surface area contributed by atoms with Gasteiger partial charge in [0.2, 0.25) is 26.9 Å². The third-order valence-electron chi connectivity index (χ3n) is 22.9. The van der Waals surface area contributed by atoms with Crippen LogP contribution in [0, 0.1) is 36.2 Å². The van der Waals surface area contributed by atoms with Crippen LogP contribution in [-0.2, 0) is 0 Å². The van der Waals surface area contributed by atoms with Crippen molar-refractivity contribution >= 4 is 162 Å². The molecule has 0 unspecified atom stereocenters. The SMILES string of the molecule is CB1c2ccccc2Oc2ccccc21.N#Cc1ccncc1.[C-]#[N+]c1cc(C)cc(C#N)c1.c1ccc(B2c3ccccc3B(c3ccccc3)c3ccccc32)cc1.c1ccc(B2c3ccccc3Oc3ccccc32)cc1.c1ccc2c(c1)Oc1cccc3c1B2c1ccccc1O3.c1ccc2c(c1)Sc1cccc3c1B2c1ccccc1S3. The molecule has 0 radical (unpaired) electrons. The van der Waals surface area contributed by atoms with Crippen molar-refractivity contribution in [2.24, 2.45) is 0 Å². The highest BCUT2D eigenvalue weighted by Crippen LogP contribution is 2.39. The zero-order valence-corrected chi connectivity index (χ0v) is 68.6. The van der Waals surface area contributed by atoms with Gasteiger partial charge in [-0.2, -0.15) is 10.5 Å². The highest BCUT2D eigenvalue weighted by molar-refractivity contribution is 8.01. The highest BCUT2D eigenvalue weighted by Gasteiger charge is 2.42. The Morgan fingerprint density at radius 3 is 0.943 bits per heavy atom. The van der Waals surface area contributed by atoms with Crippen LogP contribution in [0.4, 0.5) is 5.69 Å². The van der Waals surface area contributed by atoms with E-state index in [0.29, 0.717) is 43.7 Å². The molecule has 0 aliphatic carbocycles. The van der Waals surface area contributed by atoms with E-state index in [0.717, 1.165) is 57.0 Å². The average molecular weight is 1600 g/mol. The van der Waals surface area contributed by atoms with Gasteiger partial charge in [0.1, 0.15) is 46.0 Å². The Hall–Kier alpha value is -14.6. The van der Waals surface area contributed by atoms with Crippen molar-refractivity contribution in [1.29, 1.82) is 10.5 Å². The Labute approximate surface area is 723 Å². The summed E-state index contributed by atoms with van der Waals surface area (Å²) >= 11 is 3.82. The second-order valence-electron chi connectivity index (χ2n) is 30.3. The molecule has 0 saturated carbocycles. The molecule has 0 N–H and O–H groups in total. The second-order valence-corrected chi connectivity index (χ2v) is 32.4. The smallest absolute Gasteiger partial charge is 0.260 e. The van der Waals surface area contributed by atoms with Crippen molar-refractivity contribution in [3.63, 3.8) is 0 Å². The first-order valence-corrected chi connectivity index (χ1v) is 42.4. The van der Waals surface area contributed by atoms with Crippen LogP contribution in [0.3, 0.4) is 0 Å². The number of nitrogens with zero attached hydrogens (tertiary/aromatic N) is 4. The summed E-state index contributed by atoms with van der Waals surface area (Å²) in [6, 6.07) is 143. The molecule has 572 valence electrons. The first kappa shape index (κ1) is 78.6. The molecular formula is C106H74B6N4O4S2. The van der Waals surface area contributed by atoms with Crippen LogP contribution in [0.1, 0.15) is 16.7 Å². The number of aryl methyl sites for hydroxylation is 1. The van der Waals surface area contributed by atoms with Crippen LogP contribution in [-0.4, -0.2) is 45.3 Å². The third-order valence-corrected chi connectivity index (χ3v) is 25.2. The summed E-state index contributed by atoms with van der Waals surface area (Å²) in [5.41, 5.74) is 25.4. The van der Waals surface area contributed by atoms with E-state index in [1.54, 1.807) is 42.7 Å². The number of rotatable bonds is 3. The molecule has 0 amide bonds. The third kappa shape index (κ3) is 16.3. The standard InChI is InChI=1S/C24H18B2.C18H11BO2.C18H13BO.C18H11BS2.C13H11BO.C9H6N2.C6H4N2/c1-3-11-19(12-4-1)25-21-15-7-9-17-23(21)26(20-13-5-2-6-14-20)24-18-10-8-16-22(24)25;1-3-8-14-12(6-1)19-13-7-2-4-9-15(13)21-17-11-5-10-16(20-14)18(17)19;1-2-8-14(9-3-1)19-15-10-4-6-12-17(15)20-18-13-7-5-11-16(18)19;1-3-8-14-12(6-1)19-13-7-2-4-9-15(13)21-17-11-5-10-16(20-14)18(17)19;1-14-10-6-2-4-8-12(10)15-13-9-5-3-7-11(13)14;1-7-3-8(6-10)5-9(4-7)11-2;7-5-6-1-3-8-4-2-6/h1-18H;1-11H;1-13H;1-11H;2-9H,1H3;3-5H,1H3;1-4H. The first-order chi connectivity index (χ1) is 60.2. The van der Waals surface area contributed by atoms with Gasteiger partial charge in [0, 0.05) is 43.0 Å². The molecule has 0 fully saturated rings. The molecular weight excluding hydrogens is 1520 g/mol. The largest absolute Gasteiger partial charge is 0.458 e. The maximum Gasteiger partial charge on any atom is 0.260 e. The fourth-order valence-corrected chi connectivity index (χ4v) is 19.9. The van der Waals surface area contributed by atoms with E-state index < -0.39 is 0 Å². The van der Waals surface area contributed by atoms with Crippen LogP contribution in [0.25, 0.3) is 4.85 Å². The van der Waals surface area contributed by atoms with Crippen LogP contribution < -0.4 is 112 Å². The number of ether oxygens (including phenoxy) is 4. The Morgan fingerprint density at radius 2 is 0.566 bits per heavy atom. The normalized spacial score (nSPS) is 12.3. The van der Waals surface area contributed by atoms with Crippen molar-refractivity contribution in [2.75, 3.05) is 0 Å². The zero-order valence-electron chi connectivity index (χ0n) is 67.0. The van der Waals surface area contributed by atoms with Crippen LogP contribution >= 0.6 is 23.5 Å². The molecule has 122 heavy (non-hydrogen) atoms. The van der Waals surface area contributed by atoms with E-state index in [1.807, 2.05) is 134 Å². The van der Waals surface area contributed by atoms with Crippen molar-refractivity contribution < 1.29 is 18.9 Å². The number of aromatic nitrogens is 1. The van der Waals surface area contributed by atoms with Gasteiger partial charge in [0.05, 0.1) is 24.3 Å². The lowest BCUT2D eigenvalue weighted by Gasteiger charge is -2.32. The Kier molecular flexibility index (Phi) is 23.4. The molecule has 16 aromatic carbocycles. The van der Waals surface area contributed by atoms with Gasteiger partial charge in [0.25, 0.3) is 13.4 Å². The predicted molar refractivity (Wildman–Crippen MR) is 510 cm³/mol. The van der Waals surface area contributed by atoms with Gasteiger partial charge in [-0.15, -0.1) is 0 Å². The summed E-state index contributed by atoms with van der Waals surface area (Å²) in [6.07, 6.45) is 3.19. The number of fused-ring (bicyclic) bond motifs is 14. The Morgan fingerprint density at radius 1 is 0.279 bits per heavy atom. The van der Waals surface area contributed by atoms with Crippen LogP contribution in [0.5, 0.6) is 46.0 Å². The summed E-state index contributed by atoms with van der Waals surface area (Å²) in [7, 11) is 0. The number of para-hydroxylation sites is 6. The van der Waals surface area contributed by atoms with E-state index in [4.69, 9.17) is 36.0 Å². The molecule has 7 aliphatic rings. The predicted octanol–water partition coefficient (Wildman–Crippen LogP) is 14.3. The number of hydrogen-bond donors (Lipinski definition) is 0. The van der Waals surface area contributed by atoms with E-state index in [1.165, 1.54) is 107 Å². The molecule has 0 saturated heterocycles. The molecule has 0 spiro atoms. The van der Waals surface area contributed by atoms with Gasteiger partial charge in [-0.25, -0.2) is 4.85 Å². The highest BCUT2D eigenvalue weighted by atomic mass is 32.2. The summed E-state index contributed by atoms with van der Waals surface area (Å²) in [4.78, 5) is 12.6. The minimum absolute atomic E-state index is 0.186. The maximum atomic E-state index is 8.53. The molecule has 17 aromatic rings. The maximum absolute atomic E-state index is 8.53. The summed E-state index contributed by atoms with van der Waals surface area (Å²) in [5, 5.41) is 16.8. The first-order valence-electron chi connectivity index (χ1n) is 40.8. The fraction of sp³-hybridized carbons (Fsp3) is 0.0189. The van der Waals surface area contributed by atoms with Gasteiger partial charge in [0.15, 0.2) is 5.69 Å². The Bertz CT molecular complexity index is 6290. The number of nitriles is 2. The summed E-state index contributed by atoms with van der Waals surface area (Å²) in [5.74, 6) is 7.55. The summed E-state index contributed by atoms with van der Waals surface area (Å²) < 4.78 is 24.0. The topological polar surface area (TPSA) is 102 Å². The molecule has 0 atom stereocenters. The number of benzene rings is 16. The molecule has 8 heterocycles. The Balaban J connectivity index is 0.0000000996. The van der Waals surface area contributed by atoms with Gasteiger partial charge < -0.3 is 18.9 Å². The minimum Gasteiger partial charge on any atom is -0.458 e. The van der Waals surface area contributed by atoms with Crippen LogP contribution in [0.2, 0.25) is 6.82 Å². The molecule has 1 aromatic heterocycles. The molecule has 8 nitrogen and oxygen atoms in total. The van der Waals surface area contributed by atoms with Gasteiger partial charge in [-0.3, -0.25) is 4.98 Å². The van der Waals surface area contributed by atoms with Gasteiger partial charge >= 0.3 is 0 Å². The molecule has 16 heteroatoms. The monoisotopic (exact) mass is 1600 g/mol. The van der Waals surface area contributed by atoms with Crippen LogP contribution in [0.15, 0.2) is 432 Å². The lowest BCUT2D eigenvalue weighted by atomic mass is 9.21. The fourth-order valence-electron chi connectivity index (χ4n) is 17.5. The van der Waals surface area contributed by atoms with Crippen molar-refractivity contribution in [2.45, 2.75) is 33.3 Å². The van der Waals surface area contributed by atoms with Gasteiger partial charge in [-0.05, 0) is 142 Å². The van der Waals surface area contributed by atoms with E-state index >= 15 is 0 Å².